The van der Waals surface area contributed by atoms with Crippen molar-refractivity contribution < 1.29 is 23.8 Å². The summed E-state index contributed by atoms with van der Waals surface area (Å²) in [4.78, 5) is 24.7. The number of ketones is 1. The van der Waals surface area contributed by atoms with Crippen LogP contribution in [0, 0.1) is 11.8 Å². The van der Waals surface area contributed by atoms with Crippen molar-refractivity contribution in [3.8, 4) is 11.5 Å². The van der Waals surface area contributed by atoms with Gasteiger partial charge >= 0.3 is 5.97 Å². The second-order valence-electron chi connectivity index (χ2n) is 6.19. The number of benzene rings is 1. The Morgan fingerprint density at radius 3 is 2.65 bits per heavy atom. The third kappa shape index (κ3) is 4.71. The third-order valence-electron chi connectivity index (χ3n) is 3.66. The standard InChI is InChI=1S/C18H24O5/c1-4-7-21-18(20)14(8-12(2)3)9-15(19)13-5-6-16-17(10-13)23-11-22-16/h5-6,10,12,14H,4,7-9,11H2,1-3H3/t14-/m0/s1. The lowest BCUT2D eigenvalue weighted by atomic mass is 9.90. The minimum atomic E-state index is -0.403. The van der Waals surface area contributed by atoms with Crippen LogP contribution in [-0.4, -0.2) is 25.2 Å². The fraction of sp³-hybridized carbons (Fsp3) is 0.556. The lowest BCUT2D eigenvalue weighted by molar-refractivity contribution is -0.149. The van der Waals surface area contributed by atoms with Crippen LogP contribution < -0.4 is 9.47 Å². The van der Waals surface area contributed by atoms with Crippen LogP contribution in [0.5, 0.6) is 11.5 Å². The van der Waals surface area contributed by atoms with Gasteiger partial charge in [0.2, 0.25) is 6.79 Å². The summed E-state index contributed by atoms with van der Waals surface area (Å²) in [6, 6.07) is 5.11. The van der Waals surface area contributed by atoms with Gasteiger partial charge in [0.05, 0.1) is 12.5 Å². The first kappa shape index (κ1) is 17.3. The molecule has 0 N–H and O–H groups in total. The summed E-state index contributed by atoms with van der Waals surface area (Å²) < 4.78 is 15.8. The van der Waals surface area contributed by atoms with Gasteiger partial charge in [-0.1, -0.05) is 20.8 Å². The number of rotatable bonds is 8. The van der Waals surface area contributed by atoms with Crippen molar-refractivity contribution in [2.45, 2.75) is 40.0 Å². The SMILES string of the molecule is CCCOC(=O)[C@H](CC(=O)c1ccc2c(c1)OCO2)CC(C)C. The van der Waals surface area contributed by atoms with Gasteiger partial charge in [-0.05, 0) is 37.0 Å². The first-order valence-electron chi connectivity index (χ1n) is 8.10. The molecule has 0 unspecified atom stereocenters. The average Bonchev–Trinajstić information content (AvgIpc) is 2.98. The number of ether oxygens (including phenoxy) is 3. The molecule has 0 bridgehead atoms. The van der Waals surface area contributed by atoms with Gasteiger partial charge in [-0.25, -0.2) is 0 Å². The maximum atomic E-state index is 12.5. The Bertz CT molecular complexity index is 565. The van der Waals surface area contributed by atoms with E-state index in [2.05, 4.69) is 0 Å². The van der Waals surface area contributed by atoms with Crippen molar-refractivity contribution in [1.82, 2.24) is 0 Å². The van der Waals surface area contributed by atoms with Crippen LogP contribution in [0.15, 0.2) is 18.2 Å². The van der Waals surface area contributed by atoms with Crippen LogP contribution in [0.25, 0.3) is 0 Å². The van der Waals surface area contributed by atoms with Gasteiger partial charge in [0, 0.05) is 12.0 Å². The van der Waals surface area contributed by atoms with E-state index in [1.807, 2.05) is 20.8 Å². The number of hydrogen-bond donors (Lipinski definition) is 0. The molecular weight excluding hydrogens is 296 g/mol. The van der Waals surface area contributed by atoms with Gasteiger partial charge in [0.1, 0.15) is 0 Å². The second-order valence-corrected chi connectivity index (χ2v) is 6.19. The Hall–Kier alpha value is -2.04. The van der Waals surface area contributed by atoms with E-state index >= 15 is 0 Å². The fourth-order valence-electron chi connectivity index (χ4n) is 2.56. The summed E-state index contributed by atoms with van der Waals surface area (Å²) in [5, 5.41) is 0. The number of Topliss-reactive ketones (excluding diaryl/α,β-unsaturated/α-hetero) is 1. The number of carbonyl (C=O) groups excluding carboxylic acids is 2. The van der Waals surface area contributed by atoms with Crippen molar-refractivity contribution in [2.24, 2.45) is 11.8 Å². The quantitative estimate of drug-likeness (QED) is 0.541. The number of carbonyl (C=O) groups is 2. The molecule has 1 aromatic carbocycles. The van der Waals surface area contributed by atoms with E-state index in [9.17, 15) is 9.59 Å². The predicted octanol–water partition coefficient (Wildman–Crippen LogP) is 3.60. The molecule has 0 saturated carbocycles. The minimum Gasteiger partial charge on any atom is -0.465 e. The van der Waals surface area contributed by atoms with E-state index in [1.165, 1.54) is 0 Å². The van der Waals surface area contributed by atoms with E-state index in [0.29, 0.717) is 36.0 Å². The van der Waals surface area contributed by atoms with Gasteiger partial charge in [-0.15, -0.1) is 0 Å². The zero-order chi connectivity index (χ0) is 16.8. The molecule has 1 heterocycles. The van der Waals surface area contributed by atoms with Crippen molar-refractivity contribution in [2.75, 3.05) is 13.4 Å². The van der Waals surface area contributed by atoms with Crippen molar-refractivity contribution in [3.63, 3.8) is 0 Å². The molecule has 0 radical (unpaired) electrons. The highest BCUT2D eigenvalue weighted by molar-refractivity contribution is 5.98. The van der Waals surface area contributed by atoms with E-state index in [4.69, 9.17) is 14.2 Å². The van der Waals surface area contributed by atoms with Crippen LogP contribution in [0.4, 0.5) is 0 Å². The van der Waals surface area contributed by atoms with Gasteiger partial charge in [-0.3, -0.25) is 9.59 Å². The largest absolute Gasteiger partial charge is 0.465 e. The molecule has 0 fully saturated rings. The first-order valence-corrected chi connectivity index (χ1v) is 8.10. The lowest BCUT2D eigenvalue weighted by Crippen LogP contribution is -2.23. The van der Waals surface area contributed by atoms with Gasteiger partial charge < -0.3 is 14.2 Å². The van der Waals surface area contributed by atoms with Crippen LogP contribution in [-0.2, 0) is 9.53 Å². The minimum absolute atomic E-state index is 0.0811. The normalized spacial score (nSPS) is 13.9. The van der Waals surface area contributed by atoms with Crippen LogP contribution in [0.2, 0.25) is 0 Å². The Kier molecular flexibility index (Phi) is 6.02. The molecule has 0 aliphatic carbocycles. The first-order chi connectivity index (χ1) is 11.0. The summed E-state index contributed by atoms with van der Waals surface area (Å²) in [6.07, 6.45) is 1.56. The molecule has 0 saturated heterocycles. The van der Waals surface area contributed by atoms with Crippen LogP contribution in [0.3, 0.4) is 0 Å². The molecule has 1 aliphatic heterocycles. The van der Waals surface area contributed by atoms with Gasteiger partial charge in [-0.2, -0.15) is 0 Å². The van der Waals surface area contributed by atoms with Gasteiger partial charge in [0.15, 0.2) is 17.3 Å². The van der Waals surface area contributed by atoms with Crippen molar-refractivity contribution in [1.29, 1.82) is 0 Å². The zero-order valence-electron chi connectivity index (χ0n) is 14.0. The maximum absolute atomic E-state index is 12.5. The van der Waals surface area contributed by atoms with Gasteiger partial charge in [0.25, 0.3) is 0 Å². The predicted molar refractivity (Wildman–Crippen MR) is 85.7 cm³/mol. The number of hydrogen-bond acceptors (Lipinski definition) is 5. The highest BCUT2D eigenvalue weighted by Gasteiger charge is 2.26. The van der Waals surface area contributed by atoms with Crippen LogP contribution in [0.1, 0.15) is 50.4 Å². The molecule has 5 heteroatoms. The number of fused-ring (bicyclic) bond motifs is 1. The Morgan fingerprint density at radius 1 is 1.22 bits per heavy atom. The highest BCUT2D eigenvalue weighted by Crippen LogP contribution is 2.33. The molecule has 0 amide bonds. The van der Waals surface area contributed by atoms with E-state index in [1.54, 1.807) is 18.2 Å². The average molecular weight is 320 g/mol. The molecule has 5 nitrogen and oxygen atoms in total. The highest BCUT2D eigenvalue weighted by atomic mass is 16.7. The topological polar surface area (TPSA) is 61.8 Å². The summed E-state index contributed by atoms with van der Waals surface area (Å²) in [5.74, 6) is 0.766. The Labute approximate surface area is 136 Å². The summed E-state index contributed by atoms with van der Waals surface area (Å²) in [5.41, 5.74) is 0.534. The van der Waals surface area contributed by atoms with E-state index < -0.39 is 5.92 Å². The third-order valence-corrected chi connectivity index (χ3v) is 3.66. The molecule has 1 atom stereocenters. The maximum Gasteiger partial charge on any atom is 0.309 e. The Balaban J connectivity index is 2.05. The smallest absolute Gasteiger partial charge is 0.309 e. The molecule has 0 aromatic heterocycles. The molecule has 2 rings (SSSR count). The molecule has 23 heavy (non-hydrogen) atoms. The Morgan fingerprint density at radius 2 is 1.96 bits per heavy atom. The van der Waals surface area contributed by atoms with E-state index in [0.717, 1.165) is 6.42 Å². The molecular formula is C18H24O5. The molecule has 1 aliphatic rings. The van der Waals surface area contributed by atoms with Crippen molar-refractivity contribution >= 4 is 11.8 Å². The van der Waals surface area contributed by atoms with E-state index in [-0.39, 0.29) is 25.0 Å². The zero-order valence-corrected chi connectivity index (χ0v) is 14.0. The monoisotopic (exact) mass is 320 g/mol. The molecule has 1 aromatic rings. The summed E-state index contributed by atoms with van der Waals surface area (Å²) in [6.45, 7) is 6.58. The number of esters is 1. The second kappa shape index (κ2) is 7.99. The fourth-order valence-corrected chi connectivity index (χ4v) is 2.56. The van der Waals surface area contributed by atoms with Crippen molar-refractivity contribution in [3.05, 3.63) is 23.8 Å². The summed E-state index contributed by atoms with van der Waals surface area (Å²) in [7, 11) is 0. The van der Waals surface area contributed by atoms with Crippen LogP contribution >= 0.6 is 0 Å². The molecule has 126 valence electrons. The lowest BCUT2D eigenvalue weighted by Gasteiger charge is -2.17. The molecule has 0 spiro atoms. The summed E-state index contributed by atoms with van der Waals surface area (Å²) >= 11 is 0.